The lowest BCUT2D eigenvalue weighted by Gasteiger charge is -2.34. The van der Waals surface area contributed by atoms with Crippen LogP contribution in [0.4, 0.5) is 0 Å². The summed E-state index contributed by atoms with van der Waals surface area (Å²) in [5.41, 5.74) is 2.29. The minimum absolute atomic E-state index is 0.222. The van der Waals surface area contributed by atoms with Crippen LogP contribution in [0.5, 0.6) is 0 Å². The molecular formula is C20H23N3OS. The molecule has 1 aromatic carbocycles. The van der Waals surface area contributed by atoms with Gasteiger partial charge in [0.15, 0.2) is 0 Å². The molecule has 1 fully saturated rings. The molecule has 1 saturated heterocycles. The summed E-state index contributed by atoms with van der Waals surface area (Å²) in [4.78, 5) is 18.6. The Kier molecular flexibility index (Phi) is 4.59. The number of para-hydroxylation sites is 1. The van der Waals surface area contributed by atoms with E-state index in [4.69, 9.17) is 0 Å². The first-order chi connectivity index (χ1) is 12.2. The van der Waals surface area contributed by atoms with Crippen molar-refractivity contribution in [3.8, 4) is 0 Å². The number of hydrogen-bond acceptors (Lipinski definition) is 3. The van der Waals surface area contributed by atoms with Gasteiger partial charge in [0.05, 0.1) is 0 Å². The smallest absolute Gasteiger partial charge is 0.242 e. The molecule has 3 aromatic rings. The number of carbonyl (C=O) groups is 1. The third kappa shape index (κ3) is 3.48. The summed E-state index contributed by atoms with van der Waals surface area (Å²) in [6.45, 7) is 7.06. The van der Waals surface area contributed by atoms with Gasteiger partial charge < -0.3 is 9.47 Å². The molecule has 130 valence electrons. The standard InChI is InChI=1S/C20H23N3OS/c1-16-13-17-5-2-3-7-19(17)23(16)15-20(24)22-10-8-21(9-11-22)14-18-6-4-12-25-18/h2-7,12-13H,8-11,14-15H2,1H3. The van der Waals surface area contributed by atoms with Crippen molar-refractivity contribution in [3.05, 3.63) is 58.4 Å². The van der Waals surface area contributed by atoms with Crippen molar-refractivity contribution in [1.29, 1.82) is 0 Å². The van der Waals surface area contributed by atoms with Crippen LogP contribution in [-0.2, 0) is 17.9 Å². The number of piperazine rings is 1. The average Bonchev–Trinajstić information content (AvgIpc) is 3.24. The van der Waals surface area contributed by atoms with Gasteiger partial charge in [0.25, 0.3) is 0 Å². The van der Waals surface area contributed by atoms with E-state index in [0.717, 1.165) is 43.9 Å². The Morgan fingerprint density at radius 1 is 1.08 bits per heavy atom. The number of thiophene rings is 1. The van der Waals surface area contributed by atoms with E-state index in [0.29, 0.717) is 6.54 Å². The van der Waals surface area contributed by atoms with E-state index in [1.165, 1.54) is 10.3 Å². The maximum atomic E-state index is 12.8. The lowest BCUT2D eigenvalue weighted by Crippen LogP contribution is -2.49. The van der Waals surface area contributed by atoms with Gasteiger partial charge in [-0.1, -0.05) is 24.3 Å². The van der Waals surface area contributed by atoms with Crippen molar-refractivity contribution >= 4 is 28.1 Å². The first kappa shape index (κ1) is 16.4. The molecule has 3 heterocycles. The van der Waals surface area contributed by atoms with E-state index in [1.54, 1.807) is 11.3 Å². The minimum Gasteiger partial charge on any atom is -0.339 e. The Morgan fingerprint density at radius 3 is 2.64 bits per heavy atom. The van der Waals surface area contributed by atoms with E-state index < -0.39 is 0 Å². The number of aryl methyl sites for hydroxylation is 1. The normalized spacial score (nSPS) is 15.8. The lowest BCUT2D eigenvalue weighted by atomic mass is 10.2. The van der Waals surface area contributed by atoms with Gasteiger partial charge in [-0.25, -0.2) is 0 Å². The summed E-state index contributed by atoms with van der Waals surface area (Å²) in [7, 11) is 0. The second-order valence-electron chi connectivity index (χ2n) is 6.67. The molecule has 5 heteroatoms. The topological polar surface area (TPSA) is 28.5 Å². The summed E-state index contributed by atoms with van der Waals surface area (Å²) in [5, 5.41) is 3.33. The number of amides is 1. The Morgan fingerprint density at radius 2 is 1.88 bits per heavy atom. The highest BCUT2D eigenvalue weighted by atomic mass is 32.1. The number of hydrogen-bond donors (Lipinski definition) is 0. The Bertz CT molecular complexity index is 860. The van der Waals surface area contributed by atoms with Crippen molar-refractivity contribution in [2.45, 2.75) is 20.0 Å². The number of fused-ring (bicyclic) bond motifs is 1. The van der Waals surface area contributed by atoms with Crippen LogP contribution in [0.3, 0.4) is 0 Å². The number of carbonyl (C=O) groups excluding carboxylic acids is 1. The predicted octanol–water partition coefficient (Wildman–Crippen LogP) is 3.36. The fourth-order valence-electron chi connectivity index (χ4n) is 3.57. The van der Waals surface area contributed by atoms with Gasteiger partial charge in [0.1, 0.15) is 6.54 Å². The van der Waals surface area contributed by atoms with Crippen molar-refractivity contribution in [2.75, 3.05) is 26.2 Å². The maximum Gasteiger partial charge on any atom is 0.242 e. The second-order valence-corrected chi connectivity index (χ2v) is 7.70. The van der Waals surface area contributed by atoms with Gasteiger partial charge in [0, 0.05) is 48.8 Å². The van der Waals surface area contributed by atoms with Gasteiger partial charge >= 0.3 is 0 Å². The molecule has 0 spiro atoms. The predicted molar refractivity (Wildman–Crippen MR) is 103 cm³/mol. The molecule has 1 aliphatic rings. The third-order valence-corrected chi connectivity index (χ3v) is 5.86. The van der Waals surface area contributed by atoms with Crippen molar-refractivity contribution < 1.29 is 4.79 Å². The molecule has 2 aromatic heterocycles. The summed E-state index contributed by atoms with van der Waals surface area (Å²) in [6, 6.07) is 14.7. The summed E-state index contributed by atoms with van der Waals surface area (Å²) >= 11 is 1.80. The SMILES string of the molecule is Cc1cc2ccccc2n1CC(=O)N1CCN(Cc2cccs2)CC1. The molecule has 25 heavy (non-hydrogen) atoms. The number of rotatable bonds is 4. The molecule has 0 radical (unpaired) electrons. The zero-order valence-corrected chi connectivity index (χ0v) is 15.3. The second kappa shape index (κ2) is 7.02. The molecule has 0 N–H and O–H groups in total. The quantitative estimate of drug-likeness (QED) is 0.720. The van der Waals surface area contributed by atoms with Gasteiger partial charge in [-0.3, -0.25) is 9.69 Å². The molecule has 1 aliphatic heterocycles. The lowest BCUT2D eigenvalue weighted by molar-refractivity contribution is -0.133. The number of aromatic nitrogens is 1. The van der Waals surface area contributed by atoms with Crippen LogP contribution in [0.15, 0.2) is 47.8 Å². The average molecular weight is 353 g/mol. The van der Waals surface area contributed by atoms with Crippen LogP contribution >= 0.6 is 11.3 Å². The first-order valence-electron chi connectivity index (χ1n) is 8.78. The summed E-state index contributed by atoms with van der Waals surface area (Å²) in [5.74, 6) is 0.222. The molecule has 0 aliphatic carbocycles. The van der Waals surface area contributed by atoms with Gasteiger partial charge in [-0.2, -0.15) is 0 Å². The van der Waals surface area contributed by atoms with Crippen LogP contribution in [0.2, 0.25) is 0 Å². The fraction of sp³-hybridized carbons (Fsp3) is 0.350. The zero-order chi connectivity index (χ0) is 17.2. The molecule has 0 atom stereocenters. The van der Waals surface area contributed by atoms with Crippen molar-refractivity contribution in [3.63, 3.8) is 0 Å². The fourth-order valence-corrected chi connectivity index (χ4v) is 4.32. The number of benzene rings is 1. The van der Waals surface area contributed by atoms with E-state index >= 15 is 0 Å². The van der Waals surface area contributed by atoms with Gasteiger partial charge in [0.2, 0.25) is 5.91 Å². The molecule has 0 unspecified atom stereocenters. The van der Waals surface area contributed by atoms with Crippen LogP contribution < -0.4 is 0 Å². The largest absolute Gasteiger partial charge is 0.339 e. The molecule has 4 nitrogen and oxygen atoms in total. The van der Waals surface area contributed by atoms with Crippen molar-refractivity contribution in [2.24, 2.45) is 0 Å². The van der Waals surface area contributed by atoms with E-state index in [9.17, 15) is 4.79 Å². The number of nitrogens with zero attached hydrogens (tertiary/aromatic N) is 3. The molecular weight excluding hydrogens is 330 g/mol. The van der Waals surface area contributed by atoms with Gasteiger partial charge in [-0.05, 0) is 35.9 Å². The maximum absolute atomic E-state index is 12.8. The molecule has 4 rings (SSSR count). The Balaban J connectivity index is 1.38. The monoisotopic (exact) mass is 353 g/mol. The highest BCUT2D eigenvalue weighted by Gasteiger charge is 2.22. The minimum atomic E-state index is 0.222. The zero-order valence-electron chi connectivity index (χ0n) is 14.5. The van der Waals surface area contributed by atoms with Gasteiger partial charge in [-0.15, -0.1) is 11.3 Å². The highest BCUT2D eigenvalue weighted by molar-refractivity contribution is 7.09. The van der Waals surface area contributed by atoms with E-state index in [2.05, 4.69) is 52.1 Å². The van der Waals surface area contributed by atoms with Crippen LogP contribution in [-0.4, -0.2) is 46.5 Å². The highest BCUT2D eigenvalue weighted by Crippen LogP contribution is 2.20. The molecule has 0 bridgehead atoms. The summed E-state index contributed by atoms with van der Waals surface area (Å²) < 4.78 is 2.13. The van der Waals surface area contributed by atoms with Crippen molar-refractivity contribution in [1.82, 2.24) is 14.4 Å². The van der Waals surface area contributed by atoms with Crippen LogP contribution in [0.25, 0.3) is 10.9 Å². The van der Waals surface area contributed by atoms with E-state index in [1.807, 2.05) is 17.0 Å². The third-order valence-electron chi connectivity index (χ3n) is 5.00. The Labute approximate surface area is 152 Å². The summed E-state index contributed by atoms with van der Waals surface area (Å²) in [6.07, 6.45) is 0. The Hall–Kier alpha value is -2.11. The first-order valence-corrected chi connectivity index (χ1v) is 9.66. The molecule has 1 amide bonds. The van der Waals surface area contributed by atoms with Crippen LogP contribution in [0.1, 0.15) is 10.6 Å². The van der Waals surface area contributed by atoms with Crippen LogP contribution in [0, 0.1) is 6.92 Å². The van der Waals surface area contributed by atoms with E-state index in [-0.39, 0.29) is 5.91 Å². The molecule has 0 saturated carbocycles.